The van der Waals surface area contributed by atoms with E-state index in [0.717, 1.165) is 22.8 Å². The van der Waals surface area contributed by atoms with Crippen LogP contribution in [-0.2, 0) is 4.79 Å². The molecule has 0 saturated carbocycles. The van der Waals surface area contributed by atoms with Crippen molar-refractivity contribution >= 4 is 24.3 Å². The third kappa shape index (κ3) is 1.29. The number of carbonyl (C=O) groups is 1. The van der Waals surface area contributed by atoms with Gasteiger partial charge in [-0.1, -0.05) is 0 Å². The van der Waals surface area contributed by atoms with Gasteiger partial charge in [0.15, 0.2) is 5.78 Å². The number of ketones is 1. The Morgan fingerprint density at radius 1 is 1.80 bits per heavy atom. The summed E-state index contributed by atoms with van der Waals surface area (Å²) in [6, 6.07) is 0. The van der Waals surface area contributed by atoms with Crippen molar-refractivity contribution < 1.29 is 4.79 Å². The van der Waals surface area contributed by atoms with Crippen molar-refractivity contribution in [1.82, 2.24) is 0 Å². The largest absolute Gasteiger partial charge is 0.294 e. The summed E-state index contributed by atoms with van der Waals surface area (Å²) < 4.78 is 0. The monoisotopic (exact) mass is 155 g/mol. The van der Waals surface area contributed by atoms with Gasteiger partial charge in [-0.15, -0.1) is 11.8 Å². The number of hydrogen-bond donors (Lipinski definition) is 0. The summed E-state index contributed by atoms with van der Waals surface area (Å²) in [5.41, 5.74) is 0.873. The fourth-order valence-corrected chi connectivity index (χ4v) is 1.94. The fourth-order valence-electron chi connectivity index (χ4n) is 0.902. The van der Waals surface area contributed by atoms with Crippen LogP contribution < -0.4 is 0 Å². The van der Waals surface area contributed by atoms with Gasteiger partial charge in [-0.05, 0) is 13.6 Å². The first-order chi connectivity index (χ1) is 4.75. The molecule has 0 aliphatic carbocycles. The molecule has 1 heterocycles. The number of nitrogens with zero attached hydrogens (tertiary/aromatic N) is 1. The molecular weight excluding hydrogens is 146 g/mol. The van der Waals surface area contributed by atoms with Crippen molar-refractivity contribution in [3.63, 3.8) is 0 Å². The molecule has 0 radical (unpaired) electrons. The van der Waals surface area contributed by atoms with Crippen molar-refractivity contribution in [2.75, 3.05) is 5.75 Å². The van der Waals surface area contributed by atoms with E-state index < -0.39 is 0 Å². The Bertz CT molecular complexity index is 208. The summed E-state index contributed by atoms with van der Waals surface area (Å²) in [5.74, 6) is 1.09. The Morgan fingerprint density at radius 2 is 2.50 bits per heavy atom. The summed E-state index contributed by atoms with van der Waals surface area (Å²) in [6.45, 7) is 4.97. The highest BCUT2D eigenvalue weighted by Gasteiger charge is 2.17. The van der Waals surface area contributed by atoms with Crippen LogP contribution in [-0.4, -0.2) is 18.3 Å². The van der Waals surface area contributed by atoms with E-state index in [0.29, 0.717) is 0 Å². The van der Waals surface area contributed by atoms with Gasteiger partial charge in [0.1, 0.15) is 0 Å². The second-order valence-corrected chi connectivity index (χ2v) is 3.19. The smallest absolute Gasteiger partial charge is 0.167 e. The zero-order valence-electron chi connectivity index (χ0n) is 5.89. The van der Waals surface area contributed by atoms with E-state index in [-0.39, 0.29) is 5.78 Å². The standard InChI is InChI=1S/C7H9NOS/c1-5(9)7-6(8-2)3-4-10-7/h2-4H2,1H3. The van der Waals surface area contributed by atoms with Crippen LogP contribution in [0.15, 0.2) is 15.6 Å². The van der Waals surface area contributed by atoms with Crippen molar-refractivity contribution in [1.29, 1.82) is 0 Å². The molecule has 3 heteroatoms. The minimum atomic E-state index is 0.116. The van der Waals surface area contributed by atoms with Crippen molar-refractivity contribution in [2.24, 2.45) is 4.99 Å². The molecule has 0 fully saturated rings. The van der Waals surface area contributed by atoms with Crippen LogP contribution in [0.5, 0.6) is 0 Å². The molecule has 0 aromatic heterocycles. The highest BCUT2D eigenvalue weighted by Crippen LogP contribution is 2.31. The average Bonchev–Trinajstić information content (AvgIpc) is 2.33. The predicted octanol–water partition coefficient (Wildman–Crippen LogP) is 1.62. The van der Waals surface area contributed by atoms with Crippen LogP contribution in [0.25, 0.3) is 0 Å². The van der Waals surface area contributed by atoms with Gasteiger partial charge in [-0.2, -0.15) is 0 Å². The van der Waals surface area contributed by atoms with E-state index in [1.807, 2.05) is 0 Å². The summed E-state index contributed by atoms with van der Waals surface area (Å²) in [5, 5.41) is 0. The van der Waals surface area contributed by atoms with Crippen molar-refractivity contribution in [2.45, 2.75) is 13.3 Å². The molecule has 1 aliphatic rings. The normalized spacial score (nSPS) is 17.7. The third-order valence-electron chi connectivity index (χ3n) is 1.36. The maximum atomic E-state index is 10.8. The quantitative estimate of drug-likeness (QED) is 0.567. The van der Waals surface area contributed by atoms with Crippen LogP contribution in [0.2, 0.25) is 0 Å². The lowest BCUT2D eigenvalue weighted by atomic mass is 10.3. The minimum absolute atomic E-state index is 0.116. The molecule has 0 atom stereocenters. The molecule has 2 nitrogen and oxygen atoms in total. The molecule has 10 heavy (non-hydrogen) atoms. The van der Waals surface area contributed by atoms with Crippen LogP contribution >= 0.6 is 11.8 Å². The molecule has 1 aliphatic heterocycles. The summed E-state index contributed by atoms with van der Waals surface area (Å²) in [7, 11) is 0. The first-order valence-corrected chi connectivity index (χ1v) is 4.08. The number of Topliss-reactive ketones (excluding diaryl/α,β-unsaturated/α-hetero) is 1. The molecule has 0 saturated heterocycles. The second-order valence-electron chi connectivity index (χ2n) is 2.09. The van der Waals surface area contributed by atoms with Crippen LogP contribution in [0.1, 0.15) is 13.3 Å². The lowest BCUT2D eigenvalue weighted by Gasteiger charge is -1.93. The molecule has 0 unspecified atom stereocenters. The van der Waals surface area contributed by atoms with Gasteiger partial charge >= 0.3 is 0 Å². The molecule has 0 spiro atoms. The number of rotatable bonds is 2. The lowest BCUT2D eigenvalue weighted by Crippen LogP contribution is -1.90. The molecule has 0 bridgehead atoms. The summed E-state index contributed by atoms with van der Waals surface area (Å²) >= 11 is 1.58. The average molecular weight is 155 g/mol. The van der Waals surface area contributed by atoms with E-state index in [4.69, 9.17) is 0 Å². The van der Waals surface area contributed by atoms with Crippen molar-refractivity contribution in [3.05, 3.63) is 10.6 Å². The highest BCUT2D eigenvalue weighted by molar-refractivity contribution is 8.04. The highest BCUT2D eigenvalue weighted by atomic mass is 32.2. The van der Waals surface area contributed by atoms with E-state index in [9.17, 15) is 4.79 Å². The van der Waals surface area contributed by atoms with Gasteiger partial charge in [-0.3, -0.25) is 9.79 Å². The molecule has 1 rings (SSSR count). The predicted molar refractivity (Wildman–Crippen MR) is 44.3 cm³/mol. The van der Waals surface area contributed by atoms with Crippen LogP contribution in [0, 0.1) is 0 Å². The van der Waals surface area contributed by atoms with E-state index in [2.05, 4.69) is 11.7 Å². The van der Waals surface area contributed by atoms with E-state index in [1.54, 1.807) is 18.7 Å². The maximum absolute atomic E-state index is 10.8. The van der Waals surface area contributed by atoms with Crippen molar-refractivity contribution in [3.8, 4) is 0 Å². The number of carbonyl (C=O) groups excluding carboxylic acids is 1. The lowest BCUT2D eigenvalue weighted by molar-refractivity contribution is -0.113. The van der Waals surface area contributed by atoms with Gasteiger partial charge in [0.2, 0.25) is 0 Å². The van der Waals surface area contributed by atoms with Gasteiger partial charge in [0.05, 0.1) is 10.6 Å². The summed E-state index contributed by atoms with van der Waals surface area (Å²) in [6.07, 6.45) is 0.892. The molecule has 0 aromatic carbocycles. The second kappa shape index (κ2) is 3.01. The molecule has 0 N–H and O–H groups in total. The topological polar surface area (TPSA) is 29.4 Å². The first-order valence-electron chi connectivity index (χ1n) is 3.09. The molecule has 0 aromatic rings. The fraction of sp³-hybridized carbons (Fsp3) is 0.429. The first kappa shape index (κ1) is 7.54. The molecular formula is C7H9NOS. The molecule has 54 valence electrons. The minimum Gasteiger partial charge on any atom is -0.294 e. The number of thioether (sulfide) groups is 1. The number of allylic oxidation sites excluding steroid dienone is 2. The van der Waals surface area contributed by atoms with Crippen LogP contribution in [0.4, 0.5) is 0 Å². The number of hydrogen-bond acceptors (Lipinski definition) is 3. The third-order valence-corrected chi connectivity index (χ3v) is 2.58. The van der Waals surface area contributed by atoms with Gasteiger partial charge < -0.3 is 0 Å². The SMILES string of the molecule is C=NC1=C(C(C)=O)SCC1. The van der Waals surface area contributed by atoms with E-state index >= 15 is 0 Å². The van der Waals surface area contributed by atoms with Gasteiger partial charge in [0.25, 0.3) is 0 Å². The maximum Gasteiger partial charge on any atom is 0.167 e. The van der Waals surface area contributed by atoms with Gasteiger partial charge in [-0.25, -0.2) is 0 Å². The number of aliphatic imine (C=N–C) groups is 1. The van der Waals surface area contributed by atoms with Gasteiger partial charge in [0, 0.05) is 12.2 Å². The van der Waals surface area contributed by atoms with Crippen LogP contribution in [0.3, 0.4) is 0 Å². The Morgan fingerprint density at radius 3 is 2.90 bits per heavy atom. The Labute approximate surface area is 64.4 Å². The Balaban J connectivity index is 2.88. The Kier molecular flexibility index (Phi) is 2.27. The summed E-state index contributed by atoms with van der Waals surface area (Å²) in [4.78, 5) is 15.4. The Hall–Kier alpha value is -0.570. The zero-order chi connectivity index (χ0) is 7.56. The zero-order valence-corrected chi connectivity index (χ0v) is 6.70. The van der Waals surface area contributed by atoms with E-state index in [1.165, 1.54) is 0 Å². The molecule has 0 amide bonds.